The fraction of sp³-hybridized carbons (Fsp3) is 0. The second kappa shape index (κ2) is 7.59. The van der Waals surface area contributed by atoms with Crippen molar-refractivity contribution in [2.45, 2.75) is 0 Å². The minimum atomic E-state index is -1.23. The molecule has 8 N–H and O–H groups in total. The first-order valence-electron chi connectivity index (χ1n) is 6.76. The minimum Gasteiger partial charge on any atom is -0.475 e. The standard InChI is InChI=1S/2C6H5N5O2.Fe/c2*7-3-2-4(9-1-8-2)11-5(10-3)6(12)13;/h2*1H,(H,12,13)(H3,7,8,9,10,11);. The first-order valence-corrected chi connectivity index (χ1v) is 6.76. The predicted octanol–water partition coefficient (Wildman–Crippen LogP) is -0.736. The van der Waals surface area contributed by atoms with Gasteiger partial charge in [0, 0.05) is 17.1 Å². The molecule has 4 aromatic heterocycles. The van der Waals surface area contributed by atoms with Crippen LogP contribution in [0.5, 0.6) is 0 Å². The van der Waals surface area contributed by atoms with Crippen molar-refractivity contribution in [3.8, 4) is 0 Å². The zero-order valence-electron chi connectivity index (χ0n) is 13.1. The quantitative estimate of drug-likeness (QED) is 0.223. The van der Waals surface area contributed by atoms with Crippen molar-refractivity contribution in [1.82, 2.24) is 39.9 Å². The molecule has 0 aliphatic rings. The molecule has 15 heteroatoms. The maximum Gasteiger partial charge on any atom is 0.374 e. The van der Waals surface area contributed by atoms with E-state index in [0.29, 0.717) is 11.0 Å². The summed E-state index contributed by atoms with van der Waals surface area (Å²) in [6.07, 6.45) is 2.75. The van der Waals surface area contributed by atoms with Crippen LogP contribution >= 0.6 is 0 Å². The van der Waals surface area contributed by atoms with Crippen LogP contribution in [0.1, 0.15) is 21.2 Å². The van der Waals surface area contributed by atoms with E-state index in [0.717, 1.165) is 0 Å². The molecule has 0 bridgehead atoms. The summed E-state index contributed by atoms with van der Waals surface area (Å²) in [6, 6.07) is 0. The molecule has 4 heterocycles. The van der Waals surface area contributed by atoms with Gasteiger partial charge in [-0.05, 0) is 0 Å². The largest absolute Gasteiger partial charge is 0.475 e. The first-order chi connectivity index (χ1) is 12.4. The van der Waals surface area contributed by atoms with E-state index in [1.807, 2.05) is 0 Å². The van der Waals surface area contributed by atoms with Crippen molar-refractivity contribution in [2.24, 2.45) is 0 Å². The van der Waals surface area contributed by atoms with Crippen LogP contribution in [0.25, 0.3) is 22.3 Å². The third-order valence-corrected chi connectivity index (χ3v) is 3.01. The van der Waals surface area contributed by atoms with E-state index in [2.05, 4.69) is 39.9 Å². The van der Waals surface area contributed by atoms with Crippen LogP contribution in [-0.4, -0.2) is 62.0 Å². The van der Waals surface area contributed by atoms with Gasteiger partial charge in [0.05, 0.1) is 12.7 Å². The predicted molar refractivity (Wildman–Crippen MR) is 86.1 cm³/mol. The molecule has 140 valence electrons. The summed E-state index contributed by atoms with van der Waals surface area (Å²) in [4.78, 5) is 48.4. The molecule has 14 nitrogen and oxygen atoms in total. The van der Waals surface area contributed by atoms with E-state index >= 15 is 0 Å². The third kappa shape index (κ3) is 3.88. The average molecular weight is 414 g/mol. The van der Waals surface area contributed by atoms with Gasteiger partial charge in [0.15, 0.2) is 22.9 Å². The monoisotopic (exact) mass is 414 g/mol. The normalized spacial score (nSPS) is 10.1. The number of carboxylic acids is 2. The van der Waals surface area contributed by atoms with Crippen molar-refractivity contribution in [3.05, 3.63) is 24.3 Å². The molecule has 4 aromatic rings. The molecule has 0 radical (unpaired) electrons. The van der Waals surface area contributed by atoms with Crippen molar-refractivity contribution in [3.63, 3.8) is 0 Å². The topological polar surface area (TPSA) is 236 Å². The summed E-state index contributed by atoms with van der Waals surface area (Å²) < 4.78 is 0. The molecular formula is C12H10FeN10O4. The number of aromatic nitrogens is 8. The molecule has 0 aromatic carbocycles. The van der Waals surface area contributed by atoms with Crippen LogP contribution in [-0.2, 0) is 17.1 Å². The number of aromatic carboxylic acids is 2. The Labute approximate surface area is 159 Å². The van der Waals surface area contributed by atoms with Crippen LogP contribution in [0.4, 0.5) is 11.6 Å². The van der Waals surface area contributed by atoms with Crippen LogP contribution in [0.2, 0.25) is 0 Å². The second-order valence-electron chi connectivity index (χ2n) is 4.68. The van der Waals surface area contributed by atoms with E-state index in [-0.39, 0.29) is 51.6 Å². The van der Waals surface area contributed by atoms with E-state index in [1.165, 1.54) is 12.7 Å². The van der Waals surface area contributed by atoms with Gasteiger partial charge in [-0.25, -0.2) is 39.5 Å². The third-order valence-electron chi connectivity index (χ3n) is 3.01. The van der Waals surface area contributed by atoms with E-state index < -0.39 is 11.9 Å². The Bertz CT molecular complexity index is 1050. The number of hydrogen-bond acceptors (Lipinski definition) is 10. The number of aromatic amines is 2. The molecule has 0 atom stereocenters. The summed E-state index contributed by atoms with van der Waals surface area (Å²) in [5.41, 5.74) is 12.3. The van der Waals surface area contributed by atoms with Crippen LogP contribution in [0, 0.1) is 0 Å². The summed E-state index contributed by atoms with van der Waals surface area (Å²) in [5.74, 6) is -2.98. The van der Waals surface area contributed by atoms with Gasteiger partial charge < -0.3 is 31.6 Å². The molecule has 0 amide bonds. The number of imidazole rings is 2. The zero-order chi connectivity index (χ0) is 18.8. The van der Waals surface area contributed by atoms with Gasteiger partial charge in [0.25, 0.3) is 0 Å². The van der Waals surface area contributed by atoms with Crippen LogP contribution in [0.15, 0.2) is 12.7 Å². The first kappa shape index (κ1) is 19.5. The molecule has 0 unspecified atom stereocenters. The smallest absolute Gasteiger partial charge is 0.374 e. The summed E-state index contributed by atoms with van der Waals surface area (Å²) >= 11 is 0. The number of carboxylic acid groups (broad SMARTS) is 2. The van der Waals surface area contributed by atoms with Gasteiger partial charge >= 0.3 is 11.9 Å². The number of nitrogen functional groups attached to an aromatic ring is 2. The van der Waals surface area contributed by atoms with Gasteiger partial charge in [-0.2, -0.15) is 0 Å². The van der Waals surface area contributed by atoms with Gasteiger partial charge in [0.1, 0.15) is 11.0 Å². The maximum atomic E-state index is 10.5. The molecule has 0 spiro atoms. The SMILES string of the molecule is Nc1nc(C(=O)O)nc2nc[nH]c12.Nc1nc(C(=O)O)nc2nc[nH]c12.[Fe]. The van der Waals surface area contributed by atoms with Crippen molar-refractivity contribution in [2.75, 3.05) is 11.5 Å². The minimum absolute atomic E-state index is 0. The van der Waals surface area contributed by atoms with E-state index in [4.69, 9.17) is 21.7 Å². The Morgan fingerprint density at radius 1 is 0.778 bits per heavy atom. The molecular weight excluding hydrogens is 404 g/mol. The molecule has 0 aliphatic carbocycles. The second-order valence-corrected chi connectivity index (χ2v) is 4.68. The number of carbonyl (C=O) groups is 2. The summed E-state index contributed by atoms with van der Waals surface area (Å²) in [6.45, 7) is 0. The number of H-pyrrole nitrogens is 2. The van der Waals surface area contributed by atoms with E-state index in [1.54, 1.807) is 0 Å². The Morgan fingerprint density at radius 2 is 1.15 bits per heavy atom. The number of anilines is 2. The summed E-state index contributed by atoms with van der Waals surface area (Å²) in [5, 5.41) is 17.2. The van der Waals surface area contributed by atoms with Gasteiger partial charge in [-0.15, -0.1) is 0 Å². The number of rotatable bonds is 2. The number of nitrogens with one attached hydrogen (secondary N) is 2. The Kier molecular flexibility index (Phi) is 5.48. The van der Waals surface area contributed by atoms with Crippen molar-refractivity contribution in [1.29, 1.82) is 0 Å². The van der Waals surface area contributed by atoms with Crippen molar-refractivity contribution >= 4 is 45.9 Å². The Hall–Kier alpha value is -3.84. The number of nitrogens with two attached hydrogens (primary N) is 2. The van der Waals surface area contributed by atoms with Crippen LogP contribution in [0.3, 0.4) is 0 Å². The maximum absolute atomic E-state index is 10.5. The molecule has 27 heavy (non-hydrogen) atoms. The van der Waals surface area contributed by atoms with Crippen molar-refractivity contribution < 1.29 is 36.9 Å². The number of nitrogens with zero attached hydrogens (tertiary/aromatic N) is 6. The van der Waals surface area contributed by atoms with E-state index in [9.17, 15) is 9.59 Å². The fourth-order valence-corrected chi connectivity index (χ4v) is 1.90. The molecule has 4 rings (SSSR count). The van der Waals surface area contributed by atoms with Crippen LogP contribution < -0.4 is 11.5 Å². The zero-order valence-corrected chi connectivity index (χ0v) is 14.2. The number of hydrogen-bond donors (Lipinski definition) is 6. The molecule has 0 fully saturated rings. The number of fused-ring (bicyclic) bond motifs is 2. The average Bonchev–Trinajstić information content (AvgIpc) is 3.24. The van der Waals surface area contributed by atoms with Gasteiger partial charge in [-0.1, -0.05) is 0 Å². The van der Waals surface area contributed by atoms with Gasteiger partial charge in [0.2, 0.25) is 11.6 Å². The fourth-order valence-electron chi connectivity index (χ4n) is 1.90. The Balaban J connectivity index is 0.000000187. The molecule has 0 saturated carbocycles. The molecule has 0 aliphatic heterocycles. The Morgan fingerprint density at radius 3 is 1.48 bits per heavy atom. The van der Waals surface area contributed by atoms with Gasteiger partial charge in [-0.3, -0.25) is 0 Å². The summed E-state index contributed by atoms with van der Waals surface area (Å²) in [7, 11) is 0. The molecule has 0 saturated heterocycles.